The highest BCUT2D eigenvalue weighted by Crippen LogP contribution is 2.53. The molecule has 1 N–H and O–H groups in total. The number of hydrogen-bond acceptors (Lipinski definition) is 8. The fourth-order valence-electron chi connectivity index (χ4n) is 4.36. The first kappa shape index (κ1) is 23.7. The molecule has 5 rings (SSSR count). The lowest BCUT2D eigenvalue weighted by Crippen LogP contribution is -2.32. The molecule has 1 aromatic heterocycles. The Kier molecular flexibility index (Phi) is 6.43. The second-order valence-electron chi connectivity index (χ2n) is 7.90. The van der Waals surface area contributed by atoms with E-state index in [1.165, 1.54) is 16.7 Å². The fraction of sp³-hybridized carbons (Fsp3) is 0.250. The van der Waals surface area contributed by atoms with Gasteiger partial charge in [-0.3, -0.25) is 14.4 Å². The molecule has 2 amide bonds. The minimum atomic E-state index is -0.720. The van der Waals surface area contributed by atoms with Crippen LogP contribution in [0.25, 0.3) is 0 Å². The third-order valence-corrected chi connectivity index (χ3v) is 8.44. The van der Waals surface area contributed by atoms with Crippen LogP contribution in [0.15, 0.2) is 58.4 Å². The molecule has 0 saturated carbocycles. The second kappa shape index (κ2) is 9.52. The van der Waals surface area contributed by atoms with Gasteiger partial charge in [0.05, 0.1) is 23.2 Å². The van der Waals surface area contributed by atoms with E-state index in [4.69, 9.17) is 21.1 Å². The summed E-state index contributed by atoms with van der Waals surface area (Å²) in [5.74, 6) is -2.02. The van der Waals surface area contributed by atoms with Crippen molar-refractivity contribution in [3.05, 3.63) is 73.7 Å². The number of benzene rings is 2. The van der Waals surface area contributed by atoms with Gasteiger partial charge in [-0.1, -0.05) is 46.8 Å². The summed E-state index contributed by atoms with van der Waals surface area (Å²) in [6, 6.07) is 13.5. The Morgan fingerprint density at radius 3 is 2.63 bits per heavy atom. The highest BCUT2D eigenvalue weighted by molar-refractivity contribution is 8.00. The molecule has 3 atom stereocenters. The number of anilines is 1. The predicted octanol–water partition coefficient (Wildman–Crippen LogP) is 3.83. The standard InChI is InChI=1S/C24H19ClN2O6S2/c1-2-32-16(28)11-33-15-5-3-4-12(10-15)17-18-20(34-21-19(17)35-24(31)26-21)23(30)27(22(18)29)14-8-6-13(25)7-9-14/h3-10,17-18,20H,2,11H2,1H3,(H,26,31)/t17-,18-,20+/m0/s1. The number of nitrogens with zero attached hydrogens (tertiary/aromatic N) is 1. The molecule has 1 saturated heterocycles. The third-order valence-electron chi connectivity index (χ3n) is 5.79. The average Bonchev–Trinajstić information content (AvgIpc) is 3.33. The van der Waals surface area contributed by atoms with Crippen molar-refractivity contribution in [2.24, 2.45) is 5.92 Å². The number of halogens is 1. The normalized spacial score (nSPS) is 21.0. The van der Waals surface area contributed by atoms with Gasteiger partial charge < -0.3 is 14.5 Å². The lowest BCUT2D eigenvalue weighted by atomic mass is 9.83. The minimum Gasteiger partial charge on any atom is -0.482 e. The largest absolute Gasteiger partial charge is 0.482 e. The summed E-state index contributed by atoms with van der Waals surface area (Å²) in [7, 11) is 0. The Labute approximate surface area is 213 Å². The molecule has 3 aromatic rings. The summed E-state index contributed by atoms with van der Waals surface area (Å²) in [4.78, 5) is 55.5. The molecule has 11 heteroatoms. The number of nitrogens with one attached hydrogen (secondary N) is 1. The van der Waals surface area contributed by atoms with Gasteiger partial charge in [-0.25, -0.2) is 9.69 Å². The number of aromatic amines is 1. The number of thiazole rings is 1. The van der Waals surface area contributed by atoms with E-state index in [2.05, 4.69) is 4.98 Å². The number of carbonyl (C=O) groups is 3. The number of hydrogen-bond donors (Lipinski definition) is 1. The van der Waals surface area contributed by atoms with Crippen molar-refractivity contribution in [1.29, 1.82) is 0 Å². The maximum absolute atomic E-state index is 13.7. The summed E-state index contributed by atoms with van der Waals surface area (Å²) in [5.41, 5.74) is 1.15. The molecule has 0 unspecified atom stereocenters. The van der Waals surface area contributed by atoms with Gasteiger partial charge in [0.1, 0.15) is 11.0 Å². The van der Waals surface area contributed by atoms with Gasteiger partial charge in [0, 0.05) is 15.8 Å². The number of imide groups is 1. The molecule has 0 radical (unpaired) electrons. The van der Waals surface area contributed by atoms with E-state index in [-0.39, 0.29) is 29.9 Å². The van der Waals surface area contributed by atoms with Crippen LogP contribution in [0.1, 0.15) is 23.3 Å². The number of aromatic nitrogens is 1. The molecular formula is C24H19ClN2O6S2. The summed E-state index contributed by atoms with van der Waals surface area (Å²) in [6.07, 6.45) is 0. The van der Waals surface area contributed by atoms with Crippen molar-refractivity contribution in [1.82, 2.24) is 4.98 Å². The predicted molar refractivity (Wildman–Crippen MR) is 132 cm³/mol. The molecule has 8 nitrogen and oxygen atoms in total. The molecule has 0 aliphatic carbocycles. The zero-order chi connectivity index (χ0) is 24.7. The van der Waals surface area contributed by atoms with Crippen LogP contribution in [0.4, 0.5) is 5.69 Å². The van der Waals surface area contributed by atoms with E-state index in [1.54, 1.807) is 49.4 Å². The van der Waals surface area contributed by atoms with E-state index < -0.39 is 23.1 Å². The van der Waals surface area contributed by atoms with Crippen LogP contribution < -0.4 is 14.5 Å². The molecule has 0 spiro atoms. The minimum absolute atomic E-state index is 0.250. The molecule has 3 heterocycles. The first-order valence-corrected chi connectivity index (χ1v) is 12.9. The Hall–Kier alpha value is -3.08. The lowest BCUT2D eigenvalue weighted by molar-refractivity contribution is -0.145. The number of amides is 2. The summed E-state index contributed by atoms with van der Waals surface area (Å²) >= 11 is 8.23. The summed E-state index contributed by atoms with van der Waals surface area (Å²) < 4.78 is 10.5. The van der Waals surface area contributed by atoms with E-state index >= 15 is 0 Å². The smallest absolute Gasteiger partial charge is 0.344 e. The Bertz CT molecular complexity index is 1370. The molecule has 2 aromatic carbocycles. The zero-order valence-electron chi connectivity index (χ0n) is 18.4. The van der Waals surface area contributed by atoms with E-state index in [0.29, 0.717) is 31.9 Å². The monoisotopic (exact) mass is 530 g/mol. The molecule has 2 aliphatic rings. The summed E-state index contributed by atoms with van der Waals surface area (Å²) in [5, 5.41) is 0.380. The van der Waals surface area contributed by atoms with Crippen molar-refractivity contribution in [3.63, 3.8) is 0 Å². The molecular weight excluding hydrogens is 512 g/mol. The van der Waals surface area contributed by atoms with Crippen molar-refractivity contribution < 1.29 is 23.9 Å². The third kappa shape index (κ3) is 4.37. The van der Waals surface area contributed by atoms with Crippen molar-refractivity contribution in [2.45, 2.75) is 23.1 Å². The quantitative estimate of drug-likeness (QED) is 0.381. The average molecular weight is 531 g/mol. The van der Waals surface area contributed by atoms with Crippen LogP contribution in [0.2, 0.25) is 5.02 Å². The zero-order valence-corrected chi connectivity index (χ0v) is 20.7. The van der Waals surface area contributed by atoms with Gasteiger partial charge in [-0.15, -0.1) is 0 Å². The highest BCUT2D eigenvalue weighted by Gasteiger charge is 2.56. The number of H-pyrrole nitrogens is 1. The van der Waals surface area contributed by atoms with Crippen LogP contribution in [0, 0.1) is 5.92 Å². The van der Waals surface area contributed by atoms with Gasteiger partial charge in [-0.2, -0.15) is 0 Å². The van der Waals surface area contributed by atoms with E-state index in [0.717, 1.165) is 11.3 Å². The molecule has 180 valence electrons. The van der Waals surface area contributed by atoms with Crippen LogP contribution in [-0.4, -0.2) is 41.2 Å². The van der Waals surface area contributed by atoms with Crippen molar-refractivity contribution >= 4 is 58.2 Å². The van der Waals surface area contributed by atoms with Gasteiger partial charge >= 0.3 is 10.8 Å². The second-order valence-corrected chi connectivity index (χ2v) is 10.5. The van der Waals surface area contributed by atoms with E-state index in [1.807, 2.05) is 6.07 Å². The molecule has 2 aliphatic heterocycles. The van der Waals surface area contributed by atoms with Crippen molar-refractivity contribution in [3.8, 4) is 5.75 Å². The van der Waals surface area contributed by atoms with Gasteiger partial charge in [-0.05, 0) is 48.9 Å². The van der Waals surface area contributed by atoms with E-state index in [9.17, 15) is 19.2 Å². The Balaban J connectivity index is 1.53. The Morgan fingerprint density at radius 2 is 1.89 bits per heavy atom. The van der Waals surface area contributed by atoms with Crippen molar-refractivity contribution in [2.75, 3.05) is 18.1 Å². The van der Waals surface area contributed by atoms with Crippen LogP contribution in [0.3, 0.4) is 0 Å². The number of rotatable bonds is 6. The first-order chi connectivity index (χ1) is 16.9. The molecule has 0 bridgehead atoms. The fourth-order valence-corrected chi connectivity index (χ4v) is 7.00. The number of carbonyl (C=O) groups excluding carboxylic acids is 3. The summed E-state index contributed by atoms with van der Waals surface area (Å²) in [6.45, 7) is 1.71. The number of ether oxygens (including phenoxy) is 2. The van der Waals surface area contributed by atoms with Crippen LogP contribution >= 0.6 is 34.7 Å². The van der Waals surface area contributed by atoms with Crippen LogP contribution in [0.5, 0.6) is 5.75 Å². The lowest BCUT2D eigenvalue weighted by Gasteiger charge is -2.30. The molecule has 35 heavy (non-hydrogen) atoms. The number of fused-ring (bicyclic) bond motifs is 2. The number of thioether (sulfide) groups is 1. The molecule has 1 fully saturated rings. The highest BCUT2D eigenvalue weighted by atomic mass is 35.5. The van der Waals surface area contributed by atoms with Gasteiger partial charge in [0.15, 0.2) is 6.61 Å². The maximum atomic E-state index is 13.7. The number of esters is 1. The Morgan fingerprint density at radius 1 is 1.11 bits per heavy atom. The SMILES string of the molecule is CCOC(=O)COc1cccc([C@@H]2c3sc(=O)[nH]c3S[C@H]3C(=O)N(c4ccc(Cl)cc4)C(=O)[C@@H]23)c1. The topological polar surface area (TPSA) is 106 Å². The van der Waals surface area contributed by atoms with Gasteiger partial charge in [0.2, 0.25) is 11.8 Å². The maximum Gasteiger partial charge on any atom is 0.344 e. The van der Waals surface area contributed by atoms with Crippen LogP contribution in [-0.2, 0) is 19.1 Å². The first-order valence-electron chi connectivity index (χ1n) is 10.8. The van der Waals surface area contributed by atoms with Gasteiger partial charge in [0.25, 0.3) is 0 Å².